The average molecular weight is 273 g/mol. The highest BCUT2D eigenvalue weighted by atomic mass is 16.3. The van der Waals surface area contributed by atoms with E-state index in [0.717, 1.165) is 50.4 Å². The number of hydrogen-bond donors (Lipinski definition) is 1. The number of benzene rings is 1. The molecule has 1 N–H and O–H groups in total. The largest absolute Gasteiger partial charge is 0.385 e. The molecular formula is C18H27NO. The number of nitrogens with zero attached hydrogens (tertiary/aromatic N) is 1. The van der Waals surface area contributed by atoms with Gasteiger partial charge in [0.2, 0.25) is 0 Å². The van der Waals surface area contributed by atoms with Crippen molar-refractivity contribution in [3.05, 3.63) is 35.4 Å². The lowest BCUT2D eigenvalue weighted by Crippen LogP contribution is -2.29. The van der Waals surface area contributed by atoms with E-state index in [1.165, 1.54) is 24.8 Å². The molecule has 1 atom stereocenters. The summed E-state index contributed by atoms with van der Waals surface area (Å²) in [5, 5.41) is 11.0. The van der Waals surface area contributed by atoms with Gasteiger partial charge in [0.05, 0.1) is 5.60 Å². The molecule has 0 amide bonds. The predicted octanol–water partition coefficient (Wildman–Crippen LogP) is 3.65. The Bertz CT molecular complexity index is 437. The van der Waals surface area contributed by atoms with Gasteiger partial charge in [-0.15, -0.1) is 0 Å². The fraction of sp³-hybridized carbons (Fsp3) is 0.667. The molecule has 1 aliphatic carbocycles. The van der Waals surface area contributed by atoms with Gasteiger partial charge >= 0.3 is 0 Å². The van der Waals surface area contributed by atoms with E-state index in [0.29, 0.717) is 0 Å². The van der Waals surface area contributed by atoms with Gasteiger partial charge in [-0.05, 0) is 62.2 Å². The summed E-state index contributed by atoms with van der Waals surface area (Å²) in [6.07, 6.45) is 6.91. The number of rotatable bonds is 3. The minimum absolute atomic E-state index is 0.609. The van der Waals surface area contributed by atoms with Gasteiger partial charge in [0.15, 0.2) is 0 Å². The summed E-state index contributed by atoms with van der Waals surface area (Å²) in [4.78, 5) is 2.45. The highest BCUT2D eigenvalue weighted by Crippen LogP contribution is 2.38. The van der Waals surface area contributed by atoms with Gasteiger partial charge in [0.25, 0.3) is 0 Å². The third-order valence-corrected chi connectivity index (χ3v) is 5.38. The van der Waals surface area contributed by atoms with Crippen LogP contribution in [-0.2, 0) is 5.60 Å². The molecule has 2 heteroatoms. The fourth-order valence-corrected chi connectivity index (χ4v) is 3.59. The lowest BCUT2D eigenvalue weighted by molar-refractivity contribution is 0.0213. The van der Waals surface area contributed by atoms with Crippen LogP contribution in [0.2, 0.25) is 0 Å². The van der Waals surface area contributed by atoms with E-state index in [1.54, 1.807) is 0 Å². The van der Waals surface area contributed by atoms with Crippen molar-refractivity contribution < 1.29 is 5.11 Å². The van der Waals surface area contributed by atoms with E-state index in [-0.39, 0.29) is 0 Å². The molecule has 1 aromatic rings. The van der Waals surface area contributed by atoms with Crippen molar-refractivity contribution in [1.82, 2.24) is 4.90 Å². The molecule has 0 spiro atoms. The molecule has 110 valence electrons. The number of likely N-dealkylation sites (tertiary alicyclic amines) is 1. The van der Waals surface area contributed by atoms with Crippen LogP contribution in [0.5, 0.6) is 0 Å². The summed E-state index contributed by atoms with van der Waals surface area (Å²) in [6.45, 7) is 5.44. The van der Waals surface area contributed by atoms with Crippen molar-refractivity contribution in [2.45, 2.75) is 57.0 Å². The van der Waals surface area contributed by atoms with Crippen LogP contribution in [0.4, 0.5) is 0 Å². The van der Waals surface area contributed by atoms with Crippen LogP contribution < -0.4 is 0 Å². The maximum absolute atomic E-state index is 11.0. The Labute approximate surface area is 122 Å². The second kappa shape index (κ2) is 5.87. The molecule has 1 aliphatic heterocycles. The normalized spacial score (nSPS) is 28.9. The SMILES string of the molecule is CCN1CCCC(O)(c2ccc(C3CCC3)cc2)CC1. The first-order valence-electron chi connectivity index (χ1n) is 8.26. The fourth-order valence-electron chi connectivity index (χ4n) is 3.59. The van der Waals surface area contributed by atoms with Gasteiger partial charge in [-0.2, -0.15) is 0 Å². The molecule has 1 saturated heterocycles. The summed E-state index contributed by atoms with van der Waals surface area (Å²) in [6, 6.07) is 8.85. The van der Waals surface area contributed by atoms with Crippen LogP contribution in [0.15, 0.2) is 24.3 Å². The first-order chi connectivity index (χ1) is 9.71. The van der Waals surface area contributed by atoms with Gasteiger partial charge in [-0.1, -0.05) is 37.6 Å². The van der Waals surface area contributed by atoms with E-state index in [2.05, 4.69) is 36.1 Å². The van der Waals surface area contributed by atoms with Crippen molar-refractivity contribution >= 4 is 0 Å². The molecule has 0 radical (unpaired) electrons. The highest BCUT2D eigenvalue weighted by Gasteiger charge is 2.31. The van der Waals surface area contributed by atoms with Crippen molar-refractivity contribution in [1.29, 1.82) is 0 Å². The first-order valence-corrected chi connectivity index (χ1v) is 8.26. The van der Waals surface area contributed by atoms with E-state index < -0.39 is 5.60 Å². The molecule has 1 unspecified atom stereocenters. The zero-order valence-electron chi connectivity index (χ0n) is 12.6. The maximum atomic E-state index is 11.0. The lowest BCUT2D eigenvalue weighted by atomic mass is 9.79. The third kappa shape index (κ3) is 2.77. The van der Waals surface area contributed by atoms with Crippen molar-refractivity contribution in [3.63, 3.8) is 0 Å². The van der Waals surface area contributed by atoms with Crippen LogP contribution in [0, 0.1) is 0 Å². The molecule has 20 heavy (non-hydrogen) atoms. The highest BCUT2D eigenvalue weighted by molar-refractivity contribution is 5.30. The third-order valence-electron chi connectivity index (χ3n) is 5.38. The van der Waals surface area contributed by atoms with Crippen LogP contribution in [0.3, 0.4) is 0 Å². The summed E-state index contributed by atoms with van der Waals surface area (Å²) in [5.41, 5.74) is 1.98. The lowest BCUT2D eigenvalue weighted by Gasteiger charge is -2.29. The summed E-state index contributed by atoms with van der Waals surface area (Å²) in [5.74, 6) is 0.781. The Kier molecular flexibility index (Phi) is 4.13. The summed E-state index contributed by atoms with van der Waals surface area (Å²) >= 11 is 0. The second-order valence-electron chi connectivity index (χ2n) is 6.57. The molecule has 3 rings (SSSR count). The van der Waals surface area contributed by atoms with Crippen LogP contribution in [0.1, 0.15) is 62.5 Å². The number of aliphatic hydroxyl groups is 1. The van der Waals surface area contributed by atoms with Gasteiger partial charge in [-0.25, -0.2) is 0 Å². The first kappa shape index (κ1) is 14.1. The molecule has 2 nitrogen and oxygen atoms in total. The minimum atomic E-state index is -0.609. The number of hydrogen-bond acceptors (Lipinski definition) is 2. The van der Waals surface area contributed by atoms with Crippen molar-refractivity contribution in [3.8, 4) is 0 Å². The Morgan fingerprint density at radius 3 is 2.45 bits per heavy atom. The molecule has 0 bridgehead atoms. The van der Waals surface area contributed by atoms with Gasteiger partial charge in [-0.3, -0.25) is 0 Å². The Morgan fingerprint density at radius 2 is 1.85 bits per heavy atom. The van der Waals surface area contributed by atoms with Crippen LogP contribution in [0.25, 0.3) is 0 Å². The Hall–Kier alpha value is -0.860. The predicted molar refractivity (Wildman–Crippen MR) is 82.9 cm³/mol. The molecule has 1 saturated carbocycles. The van der Waals surface area contributed by atoms with E-state index >= 15 is 0 Å². The maximum Gasteiger partial charge on any atom is 0.0909 e. The standard InChI is InChI=1S/C18H27NO/c1-2-19-13-4-11-18(20,12-14-19)17-9-7-16(8-10-17)15-5-3-6-15/h7-10,15,20H,2-6,11-14H2,1H3. The topological polar surface area (TPSA) is 23.5 Å². The van der Waals surface area contributed by atoms with E-state index in [9.17, 15) is 5.11 Å². The quantitative estimate of drug-likeness (QED) is 0.908. The zero-order chi connectivity index (χ0) is 14.0. The van der Waals surface area contributed by atoms with E-state index in [4.69, 9.17) is 0 Å². The molecule has 2 fully saturated rings. The smallest absolute Gasteiger partial charge is 0.0909 e. The minimum Gasteiger partial charge on any atom is -0.385 e. The molecule has 1 aromatic carbocycles. The second-order valence-corrected chi connectivity index (χ2v) is 6.57. The monoisotopic (exact) mass is 273 g/mol. The van der Waals surface area contributed by atoms with E-state index in [1.807, 2.05) is 0 Å². The van der Waals surface area contributed by atoms with Crippen LogP contribution >= 0.6 is 0 Å². The van der Waals surface area contributed by atoms with Gasteiger partial charge in [0, 0.05) is 6.54 Å². The van der Waals surface area contributed by atoms with Crippen molar-refractivity contribution in [2.24, 2.45) is 0 Å². The molecular weight excluding hydrogens is 246 g/mol. The Morgan fingerprint density at radius 1 is 1.10 bits per heavy atom. The Balaban J connectivity index is 1.73. The molecule has 0 aromatic heterocycles. The zero-order valence-corrected chi connectivity index (χ0v) is 12.6. The van der Waals surface area contributed by atoms with Crippen molar-refractivity contribution in [2.75, 3.05) is 19.6 Å². The summed E-state index contributed by atoms with van der Waals surface area (Å²) in [7, 11) is 0. The molecule has 2 aliphatic rings. The molecule has 1 heterocycles. The van der Waals surface area contributed by atoms with Gasteiger partial charge in [0.1, 0.15) is 0 Å². The average Bonchev–Trinajstić information content (AvgIpc) is 2.60. The van der Waals surface area contributed by atoms with Gasteiger partial charge < -0.3 is 10.0 Å². The summed E-state index contributed by atoms with van der Waals surface area (Å²) < 4.78 is 0. The van der Waals surface area contributed by atoms with Crippen LogP contribution in [-0.4, -0.2) is 29.6 Å².